The lowest BCUT2D eigenvalue weighted by Gasteiger charge is -2.43. The maximum atomic E-state index is 5.90. The van der Waals surface area contributed by atoms with E-state index in [1.54, 1.807) is 0 Å². The summed E-state index contributed by atoms with van der Waals surface area (Å²) in [5, 5.41) is 3.70. The van der Waals surface area contributed by atoms with Crippen LogP contribution in [0, 0.1) is 0 Å². The predicted octanol–water partition coefficient (Wildman–Crippen LogP) is 1.40. The van der Waals surface area contributed by atoms with Gasteiger partial charge in [0.1, 0.15) is 0 Å². The van der Waals surface area contributed by atoms with Crippen LogP contribution in [0.1, 0.15) is 44.9 Å². The van der Waals surface area contributed by atoms with Gasteiger partial charge in [0.15, 0.2) is 0 Å². The molecule has 12 heavy (non-hydrogen) atoms. The van der Waals surface area contributed by atoms with Crippen molar-refractivity contribution >= 4 is 0 Å². The average molecular weight is 168 g/mol. The summed E-state index contributed by atoms with van der Waals surface area (Å²) >= 11 is 0. The summed E-state index contributed by atoms with van der Waals surface area (Å²) in [5.74, 6) is 0. The molecule has 1 aliphatic heterocycles. The Morgan fingerprint density at radius 3 is 2.42 bits per heavy atom. The van der Waals surface area contributed by atoms with Crippen molar-refractivity contribution in [3.63, 3.8) is 0 Å². The predicted molar refractivity (Wildman–Crippen MR) is 51.0 cm³/mol. The maximum Gasteiger partial charge on any atom is 0.0182 e. The Labute approximate surface area is 74.9 Å². The van der Waals surface area contributed by atoms with Gasteiger partial charge < -0.3 is 11.1 Å². The first-order valence-electron chi connectivity index (χ1n) is 5.31. The van der Waals surface area contributed by atoms with Crippen LogP contribution in [-0.4, -0.2) is 18.1 Å². The van der Waals surface area contributed by atoms with Crippen molar-refractivity contribution in [2.75, 3.05) is 6.54 Å². The molecule has 1 aliphatic carbocycles. The summed E-state index contributed by atoms with van der Waals surface area (Å²) in [4.78, 5) is 0. The van der Waals surface area contributed by atoms with Crippen molar-refractivity contribution in [3.8, 4) is 0 Å². The van der Waals surface area contributed by atoms with Crippen LogP contribution in [0.4, 0.5) is 0 Å². The van der Waals surface area contributed by atoms with Crippen molar-refractivity contribution in [1.82, 2.24) is 5.32 Å². The smallest absolute Gasteiger partial charge is 0.0182 e. The third-order valence-corrected chi connectivity index (χ3v) is 3.57. The molecule has 0 unspecified atom stereocenters. The molecule has 2 heteroatoms. The number of nitrogens with one attached hydrogen (secondary N) is 1. The highest BCUT2D eigenvalue weighted by Gasteiger charge is 2.34. The van der Waals surface area contributed by atoms with E-state index in [0.29, 0.717) is 11.6 Å². The van der Waals surface area contributed by atoms with E-state index in [0.717, 1.165) is 0 Å². The lowest BCUT2D eigenvalue weighted by molar-refractivity contribution is 0.174. The number of hydrogen-bond donors (Lipinski definition) is 2. The Morgan fingerprint density at radius 2 is 1.83 bits per heavy atom. The van der Waals surface area contributed by atoms with Gasteiger partial charge in [0.05, 0.1) is 0 Å². The van der Waals surface area contributed by atoms with E-state index >= 15 is 0 Å². The van der Waals surface area contributed by atoms with E-state index in [2.05, 4.69) is 5.32 Å². The molecule has 0 aromatic rings. The lowest BCUT2D eigenvalue weighted by Crippen LogP contribution is -2.52. The third-order valence-electron chi connectivity index (χ3n) is 3.57. The molecule has 2 fully saturated rings. The highest BCUT2D eigenvalue weighted by Crippen LogP contribution is 2.33. The van der Waals surface area contributed by atoms with Crippen molar-refractivity contribution < 1.29 is 0 Å². The summed E-state index contributed by atoms with van der Waals surface area (Å²) in [6, 6.07) is 0.486. The summed E-state index contributed by atoms with van der Waals surface area (Å²) in [5.41, 5.74) is 6.40. The van der Waals surface area contributed by atoms with Crippen LogP contribution >= 0.6 is 0 Å². The van der Waals surface area contributed by atoms with E-state index < -0.39 is 0 Å². The van der Waals surface area contributed by atoms with Crippen molar-refractivity contribution in [3.05, 3.63) is 0 Å². The normalized spacial score (nSPS) is 43.2. The number of nitrogens with two attached hydrogens (primary N) is 1. The molecule has 2 aliphatic rings. The van der Waals surface area contributed by atoms with Gasteiger partial charge in [0.2, 0.25) is 0 Å². The Balaban J connectivity index is 1.92. The van der Waals surface area contributed by atoms with Gasteiger partial charge >= 0.3 is 0 Å². The minimum absolute atomic E-state index is 0.486. The first-order chi connectivity index (χ1) is 5.81. The minimum Gasteiger partial charge on any atom is -0.328 e. The van der Waals surface area contributed by atoms with Gasteiger partial charge in [-0.25, -0.2) is 0 Å². The fraction of sp³-hybridized carbons (Fsp3) is 1.00. The van der Waals surface area contributed by atoms with E-state index in [-0.39, 0.29) is 0 Å². The van der Waals surface area contributed by atoms with Gasteiger partial charge in [0.25, 0.3) is 0 Å². The lowest BCUT2D eigenvalue weighted by atomic mass is 9.75. The molecule has 1 heterocycles. The summed E-state index contributed by atoms with van der Waals surface area (Å²) in [6.45, 7) is 1.23. The van der Waals surface area contributed by atoms with Crippen molar-refractivity contribution in [2.45, 2.75) is 56.5 Å². The van der Waals surface area contributed by atoms with Gasteiger partial charge in [-0.05, 0) is 45.1 Å². The monoisotopic (exact) mass is 168 g/mol. The first-order valence-corrected chi connectivity index (χ1v) is 5.31. The van der Waals surface area contributed by atoms with E-state index in [1.165, 1.54) is 51.5 Å². The highest BCUT2D eigenvalue weighted by atomic mass is 15.0. The second-order valence-electron chi connectivity index (χ2n) is 4.50. The fourth-order valence-electron chi connectivity index (χ4n) is 2.65. The standard InChI is InChI=1S/C10H20N2/c11-9-3-6-10(7-4-9)5-1-2-8-12-10/h9,12H,1-8,11H2. The van der Waals surface area contributed by atoms with Gasteiger partial charge in [-0.15, -0.1) is 0 Å². The first kappa shape index (κ1) is 8.52. The Bertz CT molecular complexity index is 140. The molecule has 0 amide bonds. The number of piperidine rings is 1. The topological polar surface area (TPSA) is 38.0 Å². The maximum absolute atomic E-state index is 5.90. The van der Waals surface area contributed by atoms with Gasteiger partial charge in [0, 0.05) is 11.6 Å². The molecular weight excluding hydrogens is 148 g/mol. The van der Waals surface area contributed by atoms with Crippen LogP contribution in [0.5, 0.6) is 0 Å². The van der Waals surface area contributed by atoms with Crippen molar-refractivity contribution in [2.24, 2.45) is 5.73 Å². The average Bonchev–Trinajstić information content (AvgIpc) is 2.13. The van der Waals surface area contributed by atoms with Crippen LogP contribution in [0.3, 0.4) is 0 Å². The van der Waals surface area contributed by atoms with Crippen LogP contribution < -0.4 is 11.1 Å². The molecule has 0 aromatic heterocycles. The molecule has 70 valence electrons. The zero-order valence-corrected chi connectivity index (χ0v) is 7.81. The Morgan fingerprint density at radius 1 is 1.08 bits per heavy atom. The summed E-state index contributed by atoms with van der Waals surface area (Å²) in [7, 11) is 0. The molecule has 3 N–H and O–H groups in total. The molecule has 1 saturated heterocycles. The Hall–Kier alpha value is -0.0800. The summed E-state index contributed by atoms with van der Waals surface area (Å²) < 4.78 is 0. The van der Waals surface area contributed by atoms with Crippen LogP contribution in [0.2, 0.25) is 0 Å². The second kappa shape index (κ2) is 3.35. The quantitative estimate of drug-likeness (QED) is 0.574. The molecule has 1 spiro atoms. The fourth-order valence-corrected chi connectivity index (χ4v) is 2.65. The minimum atomic E-state index is 0.486. The largest absolute Gasteiger partial charge is 0.328 e. The van der Waals surface area contributed by atoms with Gasteiger partial charge in [-0.1, -0.05) is 6.42 Å². The van der Waals surface area contributed by atoms with Crippen LogP contribution in [0.25, 0.3) is 0 Å². The van der Waals surface area contributed by atoms with E-state index in [1.807, 2.05) is 0 Å². The SMILES string of the molecule is NC1CCC2(CCCCN2)CC1. The number of hydrogen-bond acceptors (Lipinski definition) is 2. The molecule has 0 radical (unpaired) electrons. The Kier molecular flexibility index (Phi) is 2.37. The van der Waals surface area contributed by atoms with Gasteiger partial charge in [-0.3, -0.25) is 0 Å². The molecule has 0 aromatic carbocycles. The summed E-state index contributed by atoms with van der Waals surface area (Å²) in [6.07, 6.45) is 9.26. The van der Waals surface area contributed by atoms with Gasteiger partial charge in [-0.2, -0.15) is 0 Å². The van der Waals surface area contributed by atoms with Crippen molar-refractivity contribution in [1.29, 1.82) is 0 Å². The molecule has 0 atom stereocenters. The highest BCUT2D eigenvalue weighted by molar-refractivity contribution is 4.95. The zero-order valence-electron chi connectivity index (χ0n) is 7.81. The molecule has 0 bridgehead atoms. The van der Waals surface area contributed by atoms with E-state index in [9.17, 15) is 0 Å². The molecule has 2 rings (SSSR count). The number of rotatable bonds is 0. The molecular formula is C10H20N2. The van der Waals surface area contributed by atoms with Crippen LogP contribution in [0.15, 0.2) is 0 Å². The van der Waals surface area contributed by atoms with E-state index in [4.69, 9.17) is 5.73 Å². The van der Waals surface area contributed by atoms with Crippen LogP contribution in [-0.2, 0) is 0 Å². The second-order valence-corrected chi connectivity index (χ2v) is 4.50. The molecule has 1 saturated carbocycles. The zero-order chi connectivity index (χ0) is 8.44. The molecule has 2 nitrogen and oxygen atoms in total. The third kappa shape index (κ3) is 1.64.